The van der Waals surface area contributed by atoms with Crippen LogP contribution in [0.1, 0.15) is 45.2 Å². The quantitative estimate of drug-likeness (QED) is 0.246. The van der Waals surface area contributed by atoms with Crippen molar-refractivity contribution in [3.05, 3.63) is 41.5 Å². The van der Waals surface area contributed by atoms with Gasteiger partial charge in [-0.1, -0.05) is 26.8 Å². The van der Waals surface area contributed by atoms with Gasteiger partial charge in [-0.05, 0) is 31.0 Å². The number of carbonyl (C=O) groups excluding carboxylic acids is 1. The zero-order valence-electron chi connectivity index (χ0n) is 19.2. The second-order valence-corrected chi connectivity index (χ2v) is 7.41. The Morgan fingerprint density at radius 2 is 1.75 bits per heavy atom. The summed E-state index contributed by atoms with van der Waals surface area (Å²) < 4.78 is 11.4. The van der Waals surface area contributed by atoms with E-state index in [1.165, 1.54) is 0 Å². The van der Waals surface area contributed by atoms with Crippen LogP contribution in [0.4, 0.5) is 0 Å². The minimum atomic E-state index is -1.26. The molecular formula is C23H35NO8. The van der Waals surface area contributed by atoms with Crippen LogP contribution in [0.25, 0.3) is 0 Å². The highest BCUT2D eigenvalue weighted by molar-refractivity contribution is 5.89. The van der Waals surface area contributed by atoms with Crippen molar-refractivity contribution in [2.24, 2.45) is 0 Å². The lowest BCUT2D eigenvalue weighted by Crippen LogP contribution is -2.35. The fourth-order valence-electron chi connectivity index (χ4n) is 2.37. The smallest absolute Gasteiger partial charge is 0.328 e. The number of carboxylic acids is 2. The van der Waals surface area contributed by atoms with Crippen molar-refractivity contribution in [2.75, 3.05) is 19.8 Å². The molecule has 9 heteroatoms. The van der Waals surface area contributed by atoms with Gasteiger partial charge >= 0.3 is 11.9 Å². The highest BCUT2D eigenvalue weighted by atomic mass is 16.5. The van der Waals surface area contributed by atoms with E-state index in [1.807, 2.05) is 32.0 Å². The lowest BCUT2D eigenvalue weighted by molar-refractivity contribution is -0.134. The minimum Gasteiger partial charge on any atom is -0.490 e. The van der Waals surface area contributed by atoms with Crippen molar-refractivity contribution < 1.29 is 39.2 Å². The van der Waals surface area contributed by atoms with E-state index in [2.05, 4.69) is 12.2 Å². The highest BCUT2D eigenvalue weighted by Gasteiger charge is 2.11. The SMILES string of the molecule is CCCOCc1cc(CC(C)=O)ccc1OCC(O)CNC(C)C.O=C(O)C=CC(=O)O. The molecule has 4 N–H and O–H groups in total. The number of rotatable bonds is 14. The van der Waals surface area contributed by atoms with Crippen LogP contribution in [0.2, 0.25) is 0 Å². The average Bonchev–Trinajstić information content (AvgIpc) is 2.70. The van der Waals surface area contributed by atoms with Crippen molar-refractivity contribution in [1.82, 2.24) is 5.32 Å². The van der Waals surface area contributed by atoms with Crippen molar-refractivity contribution >= 4 is 17.7 Å². The molecule has 1 atom stereocenters. The third-order valence-electron chi connectivity index (χ3n) is 3.75. The summed E-state index contributed by atoms with van der Waals surface area (Å²) in [5, 5.41) is 28.8. The van der Waals surface area contributed by atoms with E-state index in [-0.39, 0.29) is 12.4 Å². The number of nitrogens with one attached hydrogen (secondary N) is 1. The van der Waals surface area contributed by atoms with E-state index in [1.54, 1.807) is 6.92 Å². The summed E-state index contributed by atoms with van der Waals surface area (Å²) in [5.41, 5.74) is 1.86. The molecule has 0 saturated heterocycles. The molecule has 1 rings (SSSR count). The average molecular weight is 454 g/mol. The lowest BCUT2D eigenvalue weighted by atomic mass is 10.1. The van der Waals surface area contributed by atoms with Crippen molar-refractivity contribution in [3.63, 3.8) is 0 Å². The van der Waals surface area contributed by atoms with E-state index in [0.717, 1.165) is 17.5 Å². The molecule has 1 aromatic carbocycles. The molecule has 1 aromatic rings. The first kappa shape index (κ1) is 29.2. The summed E-state index contributed by atoms with van der Waals surface area (Å²) in [6.07, 6.45) is 1.89. The van der Waals surface area contributed by atoms with E-state index >= 15 is 0 Å². The maximum atomic E-state index is 11.3. The topological polar surface area (TPSA) is 142 Å². The van der Waals surface area contributed by atoms with Gasteiger partial charge in [0.1, 0.15) is 24.2 Å². The van der Waals surface area contributed by atoms with Crippen LogP contribution in [-0.4, -0.2) is 64.9 Å². The van der Waals surface area contributed by atoms with Gasteiger partial charge in [-0.3, -0.25) is 4.79 Å². The van der Waals surface area contributed by atoms with Gasteiger partial charge in [0.2, 0.25) is 0 Å². The molecule has 0 amide bonds. The Kier molecular flexibility index (Phi) is 15.4. The summed E-state index contributed by atoms with van der Waals surface area (Å²) in [5.74, 6) is -1.69. The standard InChI is InChI=1S/C19H31NO4.C4H4O4/c1-5-8-23-12-17-10-16(9-15(4)21)6-7-19(17)24-13-18(22)11-20-14(2)3;5-3(6)1-2-4(7)8/h6-7,10,14,18,20,22H,5,8-9,11-13H2,1-4H3;1-2H,(H,5,6)(H,7,8). The largest absolute Gasteiger partial charge is 0.490 e. The number of Topliss-reactive ketones (excluding diaryl/α,β-unsaturated/α-hetero) is 1. The van der Waals surface area contributed by atoms with Crippen LogP contribution in [0.15, 0.2) is 30.4 Å². The maximum absolute atomic E-state index is 11.3. The predicted molar refractivity (Wildman–Crippen MR) is 120 cm³/mol. The van der Waals surface area contributed by atoms with Crippen LogP contribution in [0.5, 0.6) is 5.75 Å². The van der Waals surface area contributed by atoms with Crippen molar-refractivity contribution in [3.8, 4) is 5.75 Å². The Morgan fingerprint density at radius 1 is 1.12 bits per heavy atom. The van der Waals surface area contributed by atoms with Gasteiger partial charge in [0.25, 0.3) is 0 Å². The van der Waals surface area contributed by atoms with Crippen LogP contribution < -0.4 is 10.1 Å². The molecule has 180 valence electrons. The molecule has 0 bridgehead atoms. The zero-order chi connectivity index (χ0) is 24.5. The summed E-state index contributed by atoms with van der Waals surface area (Å²) in [6, 6.07) is 6.01. The molecule has 9 nitrogen and oxygen atoms in total. The lowest BCUT2D eigenvalue weighted by Gasteiger charge is -2.17. The summed E-state index contributed by atoms with van der Waals surface area (Å²) in [7, 11) is 0. The van der Waals surface area contributed by atoms with E-state index in [9.17, 15) is 19.5 Å². The number of ether oxygens (including phenoxy) is 2. The molecule has 0 aromatic heterocycles. The molecular weight excluding hydrogens is 418 g/mol. The number of aliphatic hydroxyl groups excluding tert-OH is 1. The second kappa shape index (κ2) is 16.9. The molecule has 32 heavy (non-hydrogen) atoms. The summed E-state index contributed by atoms with van der Waals surface area (Å²) in [6.45, 7) is 9.52. The molecule has 0 saturated carbocycles. The normalized spacial score (nSPS) is 11.7. The van der Waals surface area contributed by atoms with Crippen LogP contribution in [-0.2, 0) is 32.1 Å². The Labute approximate surface area is 189 Å². The van der Waals surface area contributed by atoms with Crippen LogP contribution in [0.3, 0.4) is 0 Å². The maximum Gasteiger partial charge on any atom is 0.328 e. The zero-order valence-corrected chi connectivity index (χ0v) is 19.2. The van der Waals surface area contributed by atoms with Gasteiger partial charge in [0.05, 0.1) is 6.61 Å². The highest BCUT2D eigenvalue weighted by Crippen LogP contribution is 2.22. The van der Waals surface area contributed by atoms with Gasteiger partial charge in [-0.2, -0.15) is 0 Å². The molecule has 0 spiro atoms. The Hall–Kier alpha value is -2.75. The third-order valence-corrected chi connectivity index (χ3v) is 3.75. The van der Waals surface area contributed by atoms with Crippen molar-refractivity contribution in [1.29, 1.82) is 0 Å². The number of aliphatic carboxylic acids is 2. The third kappa shape index (κ3) is 16.0. The number of hydrogen-bond acceptors (Lipinski definition) is 7. The molecule has 1 unspecified atom stereocenters. The Morgan fingerprint density at radius 3 is 2.25 bits per heavy atom. The molecule has 0 radical (unpaired) electrons. The van der Waals surface area contributed by atoms with Gasteiger partial charge < -0.3 is 30.1 Å². The minimum absolute atomic E-state index is 0.124. The van der Waals surface area contributed by atoms with Crippen LogP contribution in [0, 0.1) is 0 Å². The number of carboxylic acid groups (broad SMARTS) is 2. The number of aliphatic hydroxyl groups is 1. The fourth-order valence-corrected chi connectivity index (χ4v) is 2.37. The molecule has 0 aliphatic heterocycles. The predicted octanol–water partition coefficient (Wildman–Crippen LogP) is 2.19. The molecule has 0 aliphatic rings. The Balaban J connectivity index is 0.00000102. The fraction of sp³-hybridized carbons (Fsp3) is 0.522. The van der Waals surface area contributed by atoms with Gasteiger partial charge in [0, 0.05) is 43.3 Å². The van der Waals surface area contributed by atoms with E-state index in [4.69, 9.17) is 19.7 Å². The summed E-state index contributed by atoms with van der Waals surface area (Å²) in [4.78, 5) is 30.4. The number of benzene rings is 1. The molecule has 0 aliphatic carbocycles. The summed E-state index contributed by atoms with van der Waals surface area (Å²) >= 11 is 0. The van der Waals surface area contributed by atoms with E-state index < -0.39 is 18.0 Å². The molecule has 0 heterocycles. The van der Waals surface area contributed by atoms with Crippen LogP contribution >= 0.6 is 0 Å². The first-order valence-corrected chi connectivity index (χ1v) is 10.4. The van der Waals surface area contributed by atoms with Gasteiger partial charge in [0.15, 0.2) is 0 Å². The first-order valence-electron chi connectivity index (χ1n) is 10.4. The Bertz CT molecular complexity index is 730. The number of ketones is 1. The number of carbonyl (C=O) groups is 3. The van der Waals surface area contributed by atoms with E-state index in [0.29, 0.717) is 50.1 Å². The monoisotopic (exact) mass is 453 g/mol. The van der Waals surface area contributed by atoms with Crippen molar-refractivity contribution in [2.45, 2.75) is 59.3 Å². The first-order chi connectivity index (χ1) is 15.0. The van der Waals surface area contributed by atoms with Gasteiger partial charge in [-0.25, -0.2) is 9.59 Å². The second-order valence-electron chi connectivity index (χ2n) is 7.41. The number of hydrogen-bond donors (Lipinski definition) is 4. The molecule has 0 fully saturated rings. The van der Waals surface area contributed by atoms with Gasteiger partial charge in [-0.15, -0.1) is 0 Å².